The van der Waals surface area contributed by atoms with Gasteiger partial charge in [-0.1, -0.05) is 12.1 Å². The Balaban J connectivity index is 2.76. The zero-order chi connectivity index (χ0) is 14.2. The number of ether oxygens (including phenoxy) is 1. The van der Waals surface area contributed by atoms with E-state index in [0.29, 0.717) is 6.61 Å². The Kier molecular flexibility index (Phi) is 3.88. The van der Waals surface area contributed by atoms with Crippen LogP contribution in [0.15, 0.2) is 18.2 Å². The van der Waals surface area contributed by atoms with Gasteiger partial charge in [-0.25, -0.2) is 4.98 Å². The van der Waals surface area contributed by atoms with Crippen LogP contribution in [0.5, 0.6) is 0 Å². The number of nitrogens with zero attached hydrogens (tertiary/aromatic N) is 2. The molecule has 1 aromatic heterocycles. The predicted molar refractivity (Wildman–Crippen MR) is 79.9 cm³/mol. The summed E-state index contributed by atoms with van der Waals surface area (Å²) in [5.41, 5.74) is 3.12. The molecule has 4 heteroatoms. The van der Waals surface area contributed by atoms with Gasteiger partial charge in [-0.2, -0.15) is 0 Å². The number of aromatic nitrogens is 2. The van der Waals surface area contributed by atoms with Crippen LogP contribution in [-0.4, -0.2) is 23.3 Å². The van der Waals surface area contributed by atoms with Crippen LogP contribution in [0.25, 0.3) is 11.0 Å². The summed E-state index contributed by atoms with van der Waals surface area (Å²) in [5, 5.41) is -0.136. The fourth-order valence-corrected chi connectivity index (χ4v) is 2.72. The van der Waals surface area contributed by atoms with Gasteiger partial charge >= 0.3 is 0 Å². The lowest BCUT2D eigenvalue weighted by atomic mass is 10.1. The highest BCUT2D eigenvalue weighted by Crippen LogP contribution is 2.32. The van der Waals surface area contributed by atoms with Gasteiger partial charge in [0.25, 0.3) is 0 Å². The van der Waals surface area contributed by atoms with E-state index >= 15 is 0 Å². The van der Waals surface area contributed by atoms with Crippen LogP contribution < -0.4 is 0 Å². The van der Waals surface area contributed by atoms with Crippen molar-refractivity contribution in [3.05, 3.63) is 29.6 Å². The number of alkyl halides is 1. The van der Waals surface area contributed by atoms with Crippen molar-refractivity contribution in [3.8, 4) is 0 Å². The maximum atomic E-state index is 6.31. The number of methoxy groups -OCH3 is 1. The van der Waals surface area contributed by atoms with Gasteiger partial charge in [0.05, 0.1) is 28.6 Å². The molecule has 0 aliphatic rings. The smallest absolute Gasteiger partial charge is 0.128 e. The van der Waals surface area contributed by atoms with Gasteiger partial charge in [0.1, 0.15) is 5.82 Å². The molecular formula is C15H21ClN2O. The molecule has 104 valence electrons. The number of hydrogen-bond donors (Lipinski definition) is 0. The molecule has 1 atom stereocenters. The van der Waals surface area contributed by atoms with Gasteiger partial charge in [0.15, 0.2) is 0 Å². The second kappa shape index (κ2) is 5.14. The fourth-order valence-electron chi connectivity index (χ4n) is 2.58. The molecule has 1 unspecified atom stereocenters. The average Bonchev–Trinajstić information content (AvgIpc) is 2.70. The van der Waals surface area contributed by atoms with Gasteiger partial charge in [-0.15, -0.1) is 11.6 Å². The lowest BCUT2D eigenvalue weighted by Crippen LogP contribution is -2.33. The molecule has 0 spiro atoms. The zero-order valence-corrected chi connectivity index (χ0v) is 13.0. The molecule has 19 heavy (non-hydrogen) atoms. The highest BCUT2D eigenvalue weighted by molar-refractivity contribution is 6.20. The van der Waals surface area contributed by atoms with Gasteiger partial charge in [-0.3, -0.25) is 0 Å². The van der Waals surface area contributed by atoms with E-state index in [1.807, 2.05) is 6.92 Å². The molecular weight excluding hydrogens is 260 g/mol. The van der Waals surface area contributed by atoms with Crippen molar-refractivity contribution in [1.29, 1.82) is 0 Å². The summed E-state index contributed by atoms with van der Waals surface area (Å²) in [6.45, 7) is 8.93. The van der Waals surface area contributed by atoms with E-state index < -0.39 is 0 Å². The van der Waals surface area contributed by atoms with Gasteiger partial charge in [0, 0.05) is 7.11 Å². The quantitative estimate of drug-likeness (QED) is 0.791. The molecule has 1 heterocycles. The maximum absolute atomic E-state index is 6.31. The number of halogens is 1. The SMILES string of the molecule is COCC(C)(C)n1c(C(C)Cl)nc2c(C)cccc21. The van der Waals surface area contributed by atoms with Crippen LogP contribution in [0.3, 0.4) is 0 Å². The Hall–Kier alpha value is -1.06. The van der Waals surface area contributed by atoms with Crippen molar-refractivity contribution in [2.75, 3.05) is 13.7 Å². The van der Waals surface area contributed by atoms with Gasteiger partial charge < -0.3 is 9.30 Å². The summed E-state index contributed by atoms with van der Waals surface area (Å²) in [6, 6.07) is 6.22. The Bertz CT molecular complexity index is 587. The third kappa shape index (κ3) is 2.49. The monoisotopic (exact) mass is 280 g/mol. The zero-order valence-electron chi connectivity index (χ0n) is 12.2. The summed E-state index contributed by atoms with van der Waals surface area (Å²) in [4.78, 5) is 4.74. The molecule has 3 nitrogen and oxygen atoms in total. The summed E-state index contributed by atoms with van der Waals surface area (Å²) >= 11 is 6.31. The average molecular weight is 281 g/mol. The Morgan fingerprint density at radius 3 is 2.68 bits per heavy atom. The normalized spacial score (nSPS) is 14.0. The molecule has 2 rings (SSSR count). The number of aryl methyl sites for hydroxylation is 1. The summed E-state index contributed by atoms with van der Waals surface area (Å²) in [6.07, 6.45) is 0. The highest BCUT2D eigenvalue weighted by Gasteiger charge is 2.28. The minimum Gasteiger partial charge on any atom is -0.382 e. The van der Waals surface area contributed by atoms with Gasteiger partial charge in [-0.05, 0) is 39.3 Å². The molecule has 0 amide bonds. The maximum Gasteiger partial charge on any atom is 0.128 e. The molecule has 1 aromatic carbocycles. The number of rotatable bonds is 4. The van der Waals surface area contributed by atoms with E-state index in [-0.39, 0.29) is 10.9 Å². The number of benzene rings is 1. The van der Waals surface area contributed by atoms with Crippen LogP contribution in [0, 0.1) is 6.92 Å². The van der Waals surface area contributed by atoms with Crippen LogP contribution >= 0.6 is 11.6 Å². The van der Waals surface area contributed by atoms with E-state index in [2.05, 4.69) is 43.5 Å². The first-order valence-corrected chi connectivity index (χ1v) is 6.93. The first-order valence-electron chi connectivity index (χ1n) is 6.50. The minimum absolute atomic E-state index is 0.136. The first-order chi connectivity index (χ1) is 8.88. The molecule has 0 aliphatic heterocycles. The van der Waals surface area contributed by atoms with Crippen molar-refractivity contribution in [2.24, 2.45) is 0 Å². The fraction of sp³-hybridized carbons (Fsp3) is 0.533. The van der Waals surface area contributed by atoms with Crippen molar-refractivity contribution in [1.82, 2.24) is 9.55 Å². The first kappa shape index (κ1) is 14.4. The molecule has 0 N–H and O–H groups in total. The standard InChI is InChI=1S/C15H21ClN2O/c1-10-7-6-8-12-13(10)17-14(11(2)16)18(12)15(3,4)9-19-5/h6-8,11H,9H2,1-5H3. The minimum atomic E-state index is -0.185. The van der Waals surface area contributed by atoms with Crippen LogP contribution in [-0.2, 0) is 10.3 Å². The molecule has 0 saturated carbocycles. The highest BCUT2D eigenvalue weighted by atomic mass is 35.5. The third-order valence-corrected chi connectivity index (χ3v) is 3.57. The third-order valence-electron chi connectivity index (χ3n) is 3.37. The second-order valence-corrected chi connectivity index (χ2v) is 6.26. The number of fused-ring (bicyclic) bond motifs is 1. The van der Waals surface area contributed by atoms with E-state index in [4.69, 9.17) is 21.3 Å². The largest absolute Gasteiger partial charge is 0.382 e. The van der Waals surface area contributed by atoms with Gasteiger partial charge in [0.2, 0.25) is 0 Å². The summed E-state index contributed by atoms with van der Waals surface area (Å²) in [5.74, 6) is 0.896. The number of imidazole rings is 1. The van der Waals surface area contributed by atoms with Crippen LogP contribution in [0.4, 0.5) is 0 Å². The molecule has 0 fully saturated rings. The van der Waals surface area contributed by atoms with E-state index in [1.165, 1.54) is 5.56 Å². The Morgan fingerprint density at radius 1 is 1.42 bits per heavy atom. The lowest BCUT2D eigenvalue weighted by Gasteiger charge is -2.29. The number of para-hydroxylation sites is 1. The number of hydrogen-bond acceptors (Lipinski definition) is 2. The lowest BCUT2D eigenvalue weighted by molar-refractivity contribution is 0.110. The molecule has 2 aromatic rings. The van der Waals surface area contributed by atoms with Crippen molar-refractivity contribution in [3.63, 3.8) is 0 Å². The van der Waals surface area contributed by atoms with E-state index in [9.17, 15) is 0 Å². The predicted octanol–water partition coefficient (Wildman–Crippen LogP) is 4.03. The van der Waals surface area contributed by atoms with Crippen LogP contribution in [0.1, 0.15) is 37.5 Å². The molecule has 0 saturated heterocycles. The van der Waals surface area contributed by atoms with E-state index in [1.54, 1.807) is 7.11 Å². The Labute approximate surface area is 119 Å². The topological polar surface area (TPSA) is 27.1 Å². The second-order valence-electron chi connectivity index (χ2n) is 5.61. The summed E-state index contributed by atoms with van der Waals surface area (Å²) < 4.78 is 7.56. The van der Waals surface area contributed by atoms with E-state index in [0.717, 1.165) is 16.9 Å². The molecule has 0 aliphatic carbocycles. The molecule has 0 radical (unpaired) electrons. The van der Waals surface area contributed by atoms with Crippen molar-refractivity contribution in [2.45, 2.75) is 38.6 Å². The molecule has 0 bridgehead atoms. The Morgan fingerprint density at radius 2 is 2.11 bits per heavy atom. The van der Waals surface area contributed by atoms with Crippen LogP contribution in [0.2, 0.25) is 0 Å². The van der Waals surface area contributed by atoms with Crippen molar-refractivity contribution >= 4 is 22.6 Å². The summed E-state index contributed by atoms with van der Waals surface area (Å²) in [7, 11) is 1.72. The van der Waals surface area contributed by atoms with Crippen molar-refractivity contribution < 1.29 is 4.74 Å².